The van der Waals surface area contributed by atoms with Crippen LogP contribution in [0.1, 0.15) is 37.1 Å². The second-order valence-corrected chi connectivity index (χ2v) is 5.51. The quantitative estimate of drug-likeness (QED) is 0.914. The molecule has 1 aliphatic carbocycles. The average molecular weight is 273 g/mol. The van der Waals surface area contributed by atoms with E-state index in [0.29, 0.717) is 29.9 Å². The molecule has 3 rings (SSSR count). The third-order valence-electron chi connectivity index (χ3n) is 3.86. The summed E-state index contributed by atoms with van der Waals surface area (Å²) >= 11 is 0. The first-order chi connectivity index (χ1) is 9.72. The first kappa shape index (κ1) is 13.2. The molecule has 2 N–H and O–H groups in total. The summed E-state index contributed by atoms with van der Waals surface area (Å²) in [5.74, 6) is 2.07. The largest absolute Gasteiger partial charge is 0.339 e. The lowest BCUT2D eigenvalue weighted by molar-refractivity contribution is 0.341. The van der Waals surface area contributed by atoms with Crippen molar-refractivity contribution in [3.8, 4) is 11.6 Å². The van der Waals surface area contributed by atoms with Gasteiger partial charge in [-0.2, -0.15) is 4.98 Å². The van der Waals surface area contributed by atoms with E-state index in [1.807, 2.05) is 6.92 Å². The second kappa shape index (κ2) is 5.66. The van der Waals surface area contributed by atoms with Gasteiger partial charge in [0.1, 0.15) is 0 Å². The van der Waals surface area contributed by atoms with Crippen LogP contribution in [-0.2, 0) is 6.42 Å². The van der Waals surface area contributed by atoms with Gasteiger partial charge in [0.05, 0.1) is 0 Å². The molecule has 1 fully saturated rings. The minimum atomic E-state index is 0.102. The van der Waals surface area contributed by atoms with E-state index in [1.165, 1.54) is 25.7 Å². The Labute approximate surface area is 117 Å². The molecule has 1 unspecified atom stereocenters. The Kier molecular flexibility index (Phi) is 3.73. The van der Waals surface area contributed by atoms with E-state index in [4.69, 9.17) is 10.3 Å². The molecular formula is C14H19N5O. The molecule has 0 saturated heterocycles. The SMILES string of the molecule is Cc1cnc(-c2noc(CC(N)C3CCCC3)n2)nc1. The molecule has 0 spiro atoms. The molecule has 20 heavy (non-hydrogen) atoms. The van der Waals surface area contributed by atoms with Crippen molar-refractivity contribution >= 4 is 0 Å². The van der Waals surface area contributed by atoms with Gasteiger partial charge in [-0.15, -0.1) is 0 Å². The summed E-state index contributed by atoms with van der Waals surface area (Å²) in [4.78, 5) is 12.7. The Bertz CT molecular complexity index is 559. The third kappa shape index (κ3) is 2.85. The highest BCUT2D eigenvalue weighted by Gasteiger charge is 2.24. The summed E-state index contributed by atoms with van der Waals surface area (Å²) in [6.45, 7) is 1.94. The van der Waals surface area contributed by atoms with E-state index in [-0.39, 0.29) is 6.04 Å². The minimum Gasteiger partial charge on any atom is -0.339 e. The topological polar surface area (TPSA) is 90.7 Å². The van der Waals surface area contributed by atoms with Gasteiger partial charge < -0.3 is 10.3 Å². The molecule has 2 aromatic rings. The van der Waals surface area contributed by atoms with Gasteiger partial charge in [-0.05, 0) is 31.2 Å². The number of aromatic nitrogens is 4. The average Bonchev–Trinajstić information content (AvgIpc) is 3.10. The lowest BCUT2D eigenvalue weighted by atomic mass is 9.96. The zero-order valence-corrected chi connectivity index (χ0v) is 11.6. The Balaban J connectivity index is 1.68. The van der Waals surface area contributed by atoms with Crippen molar-refractivity contribution in [1.29, 1.82) is 0 Å². The van der Waals surface area contributed by atoms with Gasteiger partial charge >= 0.3 is 0 Å². The van der Waals surface area contributed by atoms with Gasteiger partial charge in [0.25, 0.3) is 0 Å². The third-order valence-corrected chi connectivity index (χ3v) is 3.86. The minimum absolute atomic E-state index is 0.102. The normalized spacial score (nSPS) is 17.5. The molecule has 106 valence electrons. The highest BCUT2D eigenvalue weighted by molar-refractivity contribution is 5.40. The molecule has 6 nitrogen and oxygen atoms in total. The standard InChI is InChI=1S/C14H19N5O/c1-9-7-16-13(17-8-9)14-18-12(20-19-14)6-11(15)10-4-2-3-5-10/h7-8,10-11H,2-6,15H2,1H3. The highest BCUT2D eigenvalue weighted by Crippen LogP contribution is 2.28. The Hall–Kier alpha value is -1.82. The van der Waals surface area contributed by atoms with E-state index in [9.17, 15) is 0 Å². The van der Waals surface area contributed by atoms with E-state index in [2.05, 4.69) is 20.1 Å². The van der Waals surface area contributed by atoms with Crippen LogP contribution in [0.15, 0.2) is 16.9 Å². The predicted octanol–water partition coefficient (Wildman–Crippen LogP) is 1.90. The molecule has 2 aromatic heterocycles. The van der Waals surface area contributed by atoms with Crippen LogP contribution in [0.2, 0.25) is 0 Å². The summed E-state index contributed by atoms with van der Waals surface area (Å²) < 4.78 is 5.26. The number of hydrogen-bond donors (Lipinski definition) is 1. The molecule has 0 bridgehead atoms. The smallest absolute Gasteiger partial charge is 0.240 e. The van der Waals surface area contributed by atoms with Crippen molar-refractivity contribution in [1.82, 2.24) is 20.1 Å². The monoisotopic (exact) mass is 273 g/mol. The van der Waals surface area contributed by atoms with E-state index >= 15 is 0 Å². The number of nitrogens with zero attached hydrogens (tertiary/aromatic N) is 4. The second-order valence-electron chi connectivity index (χ2n) is 5.51. The van der Waals surface area contributed by atoms with Gasteiger partial charge in [0.2, 0.25) is 17.5 Å². The van der Waals surface area contributed by atoms with Crippen LogP contribution in [0.3, 0.4) is 0 Å². The van der Waals surface area contributed by atoms with Crippen LogP contribution in [0.5, 0.6) is 0 Å². The zero-order chi connectivity index (χ0) is 13.9. The number of hydrogen-bond acceptors (Lipinski definition) is 6. The van der Waals surface area contributed by atoms with Crippen LogP contribution in [0.4, 0.5) is 0 Å². The summed E-state index contributed by atoms with van der Waals surface area (Å²) in [5, 5.41) is 3.93. The van der Waals surface area contributed by atoms with Crippen molar-refractivity contribution in [2.45, 2.75) is 45.1 Å². The van der Waals surface area contributed by atoms with Gasteiger partial charge in [0.15, 0.2) is 0 Å². The van der Waals surface area contributed by atoms with Gasteiger partial charge in [-0.3, -0.25) is 0 Å². The number of nitrogens with two attached hydrogens (primary N) is 1. The fourth-order valence-corrected chi connectivity index (χ4v) is 2.69. The molecule has 0 amide bonds. The van der Waals surface area contributed by atoms with Crippen molar-refractivity contribution in [2.75, 3.05) is 0 Å². The molecular weight excluding hydrogens is 254 g/mol. The first-order valence-corrected chi connectivity index (χ1v) is 7.09. The summed E-state index contributed by atoms with van der Waals surface area (Å²) in [7, 11) is 0. The van der Waals surface area contributed by atoms with E-state index in [0.717, 1.165) is 5.56 Å². The maximum atomic E-state index is 6.22. The summed E-state index contributed by atoms with van der Waals surface area (Å²) in [5.41, 5.74) is 7.22. The van der Waals surface area contributed by atoms with Crippen LogP contribution >= 0.6 is 0 Å². The van der Waals surface area contributed by atoms with Crippen LogP contribution < -0.4 is 5.73 Å². The Morgan fingerprint density at radius 2 is 1.95 bits per heavy atom. The lowest BCUT2D eigenvalue weighted by Crippen LogP contribution is -2.30. The molecule has 6 heteroatoms. The maximum Gasteiger partial charge on any atom is 0.240 e. The Morgan fingerprint density at radius 1 is 1.25 bits per heavy atom. The molecule has 2 heterocycles. The predicted molar refractivity (Wildman–Crippen MR) is 73.7 cm³/mol. The Morgan fingerprint density at radius 3 is 2.65 bits per heavy atom. The number of rotatable bonds is 4. The molecule has 1 saturated carbocycles. The lowest BCUT2D eigenvalue weighted by Gasteiger charge is -2.16. The van der Waals surface area contributed by atoms with Crippen LogP contribution in [-0.4, -0.2) is 26.2 Å². The van der Waals surface area contributed by atoms with Crippen molar-refractivity contribution in [3.63, 3.8) is 0 Å². The van der Waals surface area contributed by atoms with E-state index < -0.39 is 0 Å². The zero-order valence-electron chi connectivity index (χ0n) is 11.6. The van der Waals surface area contributed by atoms with Gasteiger partial charge in [-0.1, -0.05) is 18.0 Å². The van der Waals surface area contributed by atoms with Crippen molar-refractivity contribution < 1.29 is 4.52 Å². The highest BCUT2D eigenvalue weighted by atomic mass is 16.5. The van der Waals surface area contributed by atoms with Gasteiger partial charge in [0, 0.05) is 24.9 Å². The fraction of sp³-hybridized carbons (Fsp3) is 0.571. The molecule has 0 radical (unpaired) electrons. The first-order valence-electron chi connectivity index (χ1n) is 7.09. The molecule has 0 aliphatic heterocycles. The van der Waals surface area contributed by atoms with E-state index in [1.54, 1.807) is 12.4 Å². The number of aryl methyl sites for hydroxylation is 1. The molecule has 0 aromatic carbocycles. The van der Waals surface area contributed by atoms with Gasteiger partial charge in [-0.25, -0.2) is 9.97 Å². The summed E-state index contributed by atoms with van der Waals surface area (Å²) in [6.07, 6.45) is 9.09. The maximum absolute atomic E-state index is 6.22. The molecule has 1 aliphatic rings. The summed E-state index contributed by atoms with van der Waals surface area (Å²) in [6, 6.07) is 0.102. The molecule has 1 atom stereocenters. The van der Waals surface area contributed by atoms with Crippen molar-refractivity contribution in [2.24, 2.45) is 11.7 Å². The van der Waals surface area contributed by atoms with Crippen LogP contribution in [0.25, 0.3) is 11.6 Å². The fourth-order valence-electron chi connectivity index (χ4n) is 2.69. The van der Waals surface area contributed by atoms with Crippen LogP contribution in [0, 0.1) is 12.8 Å². The van der Waals surface area contributed by atoms with Crippen molar-refractivity contribution in [3.05, 3.63) is 23.8 Å².